The fraction of sp³-hybridized carbons (Fsp3) is 0.500. The molecule has 2 aromatic rings. The highest BCUT2D eigenvalue weighted by Crippen LogP contribution is 2.23. The van der Waals surface area contributed by atoms with Crippen molar-refractivity contribution in [3.05, 3.63) is 23.3 Å². The van der Waals surface area contributed by atoms with Crippen LogP contribution in [0.3, 0.4) is 0 Å². The maximum atomic E-state index is 12.6. The van der Waals surface area contributed by atoms with Crippen LogP contribution in [0.5, 0.6) is 0 Å². The number of hydrogen-bond acceptors (Lipinski definition) is 5. The molecule has 0 fully saturated rings. The first-order chi connectivity index (χ1) is 9.76. The molecule has 0 bridgehead atoms. The number of rotatable bonds is 5. The zero-order chi connectivity index (χ0) is 15.8. The summed E-state index contributed by atoms with van der Waals surface area (Å²) in [6.07, 6.45) is 1.63. The van der Waals surface area contributed by atoms with Crippen LogP contribution in [0.1, 0.15) is 17.1 Å². The van der Waals surface area contributed by atoms with Gasteiger partial charge in [-0.1, -0.05) is 0 Å². The van der Waals surface area contributed by atoms with Crippen LogP contribution in [0.25, 0.3) is 0 Å². The topological polar surface area (TPSA) is 108 Å². The van der Waals surface area contributed by atoms with Crippen LogP contribution < -0.4 is 10.5 Å². The fourth-order valence-corrected chi connectivity index (χ4v) is 3.82. The van der Waals surface area contributed by atoms with Gasteiger partial charge in [0.1, 0.15) is 4.90 Å². The van der Waals surface area contributed by atoms with Crippen molar-refractivity contribution in [1.82, 2.24) is 19.6 Å². The molecular weight excluding hydrogens is 292 g/mol. The van der Waals surface area contributed by atoms with Crippen molar-refractivity contribution in [1.29, 1.82) is 0 Å². The van der Waals surface area contributed by atoms with Crippen LogP contribution in [0.15, 0.2) is 11.1 Å². The second-order valence-corrected chi connectivity index (χ2v) is 6.54. The summed E-state index contributed by atoms with van der Waals surface area (Å²) in [6, 6.07) is 0. The third-order valence-electron chi connectivity index (χ3n) is 3.18. The lowest BCUT2D eigenvalue weighted by atomic mass is 10.4. The lowest BCUT2D eigenvalue weighted by Gasteiger charge is -2.07. The van der Waals surface area contributed by atoms with Crippen molar-refractivity contribution in [2.45, 2.75) is 32.2 Å². The van der Waals surface area contributed by atoms with E-state index in [9.17, 15) is 8.42 Å². The number of nitrogens with zero attached hydrogens (tertiary/aromatic N) is 4. The van der Waals surface area contributed by atoms with Gasteiger partial charge in [-0.15, -0.1) is 0 Å². The van der Waals surface area contributed by atoms with E-state index in [1.165, 1.54) is 0 Å². The Hall–Kier alpha value is -1.87. The Morgan fingerprint density at radius 2 is 1.90 bits per heavy atom. The minimum Gasteiger partial charge on any atom is -0.329 e. The Bertz CT molecular complexity index is 759. The molecule has 0 saturated heterocycles. The van der Waals surface area contributed by atoms with Crippen molar-refractivity contribution in [2.75, 3.05) is 11.3 Å². The molecule has 2 rings (SSSR count). The van der Waals surface area contributed by atoms with Gasteiger partial charge in [-0.25, -0.2) is 8.42 Å². The Morgan fingerprint density at radius 1 is 1.24 bits per heavy atom. The van der Waals surface area contributed by atoms with Gasteiger partial charge in [0.25, 0.3) is 10.0 Å². The molecule has 0 saturated carbocycles. The smallest absolute Gasteiger partial charge is 0.265 e. The molecule has 8 nitrogen and oxygen atoms in total. The van der Waals surface area contributed by atoms with Crippen LogP contribution in [-0.2, 0) is 23.6 Å². The first-order valence-corrected chi connectivity index (χ1v) is 8.01. The van der Waals surface area contributed by atoms with Crippen molar-refractivity contribution in [3.63, 3.8) is 0 Å². The molecule has 0 unspecified atom stereocenters. The largest absolute Gasteiger partial charge is 0.329 e. The van der Waals surface area contributed by atoms with E-state index in [0.717, 1.165) is 0 Å². The predicted octanol–water partition coefficient (Wildman–Crippen LogP) is 0.301. The molecule has 21 heavy (non-hydrogen) atoms. The Kier molecular flexibility index (Phi) is 4.06. The molecule has 0 radical (unpaired) electrons. The number of nitrogens with two attached hydrogens (primary N) is 1. The molecule has 0 aliphatic rings. The van der Waals surface area contributed by atoms with Crippen LogP contribution >= 0.6 is 0 Å². The highest BCUT2D eigenvalue weighted by atomic mass is 32.2. The zero-order valence-corrected chi connectivity index (χ0v) is 13.4. The van der Waals surface area contributed by atoms with E-state index in [1.54, 1.807) is 43.4 Å². The van der Waals surface area contributed by atoms with Crippen molar-refractivity contribution >= 4 is 15.7 Å². The summed E-state index contributed by atoms with van der Waals surface area (Å²) in [5.74, 6) is 0. The standard InChI is InChI=1S/C12H20N6O2S/c1-8-11(7-17(4)14-8)16-21(19,20)12-9(2)15-18(6-5-13)10(12)3/h7,16H,5-6,13H2,1-4H3. The van der Waals surface area contributed by atoms with Gasteiger partial charge in [-0.3, -0.25) is 14.1 Å². The van der Waals surface area contributed by atoms with Gasteiger partial charge in [-0.05, 0) is 20.8 Å². The van der Waals surface area contributed by atoms with E-state index >= 15 is 0 Å². The summed E-state index contributed by atoms with van der Waals surface area (Å²) in [5.41, 5.74) is 7.61. The Labute approximate surface area is 124 Å². The summed E-state index contributed by atoms with van der Waals surface area (Å²) in [5, 5.41) is 8.35. The van der Waals surface area contributed by atoms with Crippen LogP contribution in [-0.4, -0.2) is 34.5 Å². The first-order valence-electron chi connectivity index (χ1n) is 6.53. The van der Waals surface area contributed by atoms with Crippen LogP contribution in [0, 0.1) is 20.8 Å². The monoisotopic (exact) mass is 312 g/mol. The van der Waals surface area contributed by atoms with Gasteiger partial charge in [0.2, 0.25) is 0 Å². The van der Waals surface area contributed by atoms with E-state index in [2.05, 4.69) is 14.9 Å². The number of aromatic nitrogens is 4. The summed E-state index contributed by atoms with van der Waals surface area (Å²) in [4.78, 5) is 0.194. The normalized spacial score (nSPS) is 11.9. The maximum absolute atomic E-state index is 12.6. The predicted molar refractivity (Wildman–Crippen MR) is 79.5 cm³/mol. The quantitative estimate of drug-likeness (QED) is 0.825. The molecular formula is C12H20N6O2S. The number of anilines is 1. The summed E-state index contributed by atoms with van der Waals surface area (Å²) in [7, 11) is -1.97. The summed E-state index contributed by atoms with van der Waals surface area (Å²) in [6.45, 7) is 6.02. The average molecular weight is 312 g/mol. The van der Waals surface area contributed by atoms with Gasteiger partial charge in [0.05, 0.1) is 29.3 Å². The van der Waals surface area contributed by atoms with E-state index in [4.69, 9.17) is 5.73 Å². The summed E-state index contributed by atoms with van der Waals surface area (Å²) < 4.78 is 30.9. The van der Waals surface area contributed by atoms with Gasteiger partial charge in [0, 0.05) is 19.8 Å². The number of nitrogens with one attached hydrogen (secondary N) is 1. The molecule has 2 heterocycles. The minimum atomic E-state index is -3.71. The summed E-state index contributed by atoms with van der Waals surface area (Å²) >= 11 is 0. The minimum absolute atomic E-state index is 0.194. The van der Waals surface area contributed by atoms with E-state index in [1.807, 2.05) is 0 Å². The van der Waals surface area contributed by atoms with Gasteiger partial charge in [-0.2, -0.15) is 10.2 Å². The third-order valence-corrected chi connectivity index (χ3v) is 4.80. The van der Waals surface area contributed by atoms with Gasteiger partial charge in [0.15, 0.2) is 0 Å². The molecule has 0 atom stereocenters. The molecule has 0 aromatic carbocycles. The molecule has 116 valence electrons. The van der Waals surface area contributed by atoms with Crippen LogP contribution in [0.2, 0.25) is 0 Å². The molecule has 0 aliphatic carbocycles. The number of sulfonamides is 1. The number of hydrogen-bond donors (Lipinski definition) is 2. The second-order valence-electron chi connectivity index (χ2n) is 4.92. The highest BCUT2D eigenvalue weighted by molar-refractivity contribution is 7.92. The van der Waals surface area contributed by atoms with Crippen molar-refractivity contribution in [2.24, 2.45) is 12.8 Å². The maximum Gasteiger partial charge on any atom is 0.265 e. The van der Waals surface area contributed by atoms with Crippen LogP contribution in [0.4, 0.5) is 5.69 Å². The molecule has 0 spiro atoms. The third kappa shape index (κ3) is 2.93. The second kappa shape index (κ2) is 5.49. The van der Waals surface area contributed by atoms with E-state index in [-0.39, 0.29) is 4.90 Å². The zero-order valence-electron chi connectivity index (χ0n) is 12.6. The number of aryl methyl sites for hydroxylation is 3. The molecule has 9 heteroatoms. The molecule has 0 amide bonds. The van der Waals surface area contributed by atoms with Gasteiger partial charge >= 0.3 is 0 Å². The Morgan fingerprint density at radius 3 is 2.43 bits per heavy atom. The van der Waals surface area contributed by atoms with E-state index in [0.29, 0.717) is 35.9 Å². The van der Waals surface area contributed by atoms with Crippen molar-refractivity contribution < 1.29 is 8.42 Å². The van der Waals surface area contributed by atoms with E-state index < -0.39 is 10.0 Å². The SMILES string of the molecule is Cc1nn(C)cc1NS(=O)(=O)c1c(C)nn(CCN)c1C. The molecule has 3 N–H and O–H groups in total. The van der Waals surface area contributed by atoms with Gasteiger partial charge < -0.3 is 5.73 Å². The Balaban J connectivity index is 2.42. The lowest BCUT2D eigenvalue weighted by Crippen LogP contribution is -2.16. The highest BCUT2D eigenvalue weighted by Gasteiger charge is 2.25. The molecule has 2 aromatic heterocycles. The average Bonchev–Trinajstić information content (AvgIpc) is 2.80. The fourth-order valence-electron chi connectivity index (χ4n) is 2.30. The molecule has 0 aliphatic heterocycles. The lowest BCUT2D eigenvalue weighted by molar-refractivity contribution is 0.593. The first kappa shape index (κ1) is 15.5. The van der Waals surface area contributed by atoms with Crippen molar-refractivity contribution in [3.8, 4) is 0 Å².